The van der Waals surface area contributed by atoms with Gasteiger partial charge in [-0.1, -0.05) is 0 Å². The summed E-state index contributed by atoms with van der Waals surface area (Å²) in [6.45, 7) is 0. The van der Waals surface area contributed by atoms with Crippen LogP contribution in [0.1, 0.15) is 20.8 Å². The predicted molar refractivity (Wildman–Crippen MR) is 97.9 cm³/mol. The van der Waals surface area contributed by atoms with Crippen molar-refractivity contribution in [1.29, 1.82) is 0 Å². The molecule has 0 aliphatic carbocycles. The first-order valence-corrected chi connectivity index (χ1v) is 8.27. The average Bonchev–Trinajstić information content (AvgIpc) is 3.21. The van der Waals surface area contributed by atoms with Gasteiger partial charge in [-0.05, 0) is 24.3 Å². The molecule has 1 aromatic carbocycles. The van der Waals surface area contributed by atoms with Crippen molar-refractivity contribution >= 4 is 52.2 Å². The number of nitrogens with one attached hydrogen (secondary N) is 1. The molecule has 0 aliphatic heterocycles. The van der Waals surface area contributed by atoms with Crippen LogP contribution in [-0.2, 0) is 7.05 Å². The number of aryl methyl sites for hydroxylation is 1. The number of pyridine rings is 1. The Labute approximate surface area is 151 Å². The maximum atomic E-state index is 13.2. The number of hydrogen-bond acceptors (Lipinski definition) is 5. The van der Waals surface area contributed by atoms with Gasteiger partial charge in [0, 0.05) is 35.6 Å². The van der Waals surface area contributed by atoms with Gasteiger partial charge in [-0.15, -0.1) is 3.89 Å². The van der Waals surface area contributed by atoms with Crippen LogP contribution in [0.4, 0.5) is 9.70 Å². The number of carbonyl (C=O) groups is 2. The summed E-state index contributed by atoms with van der Waals surface area (Å²) >= 11 is -0.0805. The van der Waals surface area contributed by atoms with E-state index in [2.05, 4.69) is 15.4 Å². The second-order valence-corrected chi connectivity index (χ2v) is 6.18. The Morgan fingerprint density at radius 1 is 1.19 bits per heavy atom. The van der Waals surface area contributed by atoms with Crippen molar-refractivity contribution in [1.82, 2.24) is 18.7 Å². The second kappa shape index (κ2) is 6.26. The largest absolute Gasteiger partial charge is 0.307 e. The lowest BCUT2D eigenvalue weighted by Gasteiger charge is -2.06. The molecular formula is C17H12FN5O2S. The lowest BCUT2D eigenvalue weighted by atomic mass is 10.1. The molecule has 0 aliphatic rings. The molecule has 4 aromatic rings. The summed E-state index contributed by atoms with van der Waals surface area (Å²) in [6.07, 6.45) is 3.73. The van der Waals surface area contributed by atoms with E-state index in [1.807, 2.05) is 13.1 Å². The Morgan fingerprint density at radius 3 is 2.77 bits per heavy atom. The van der Waals surface area contributed by atoms with Crippen molar-refractivity contribution in [2.24, 2.45) is 7.05 Å². The van der Waals surface area contributed by atoms with Gasteiger partial charge < -0.3 is 5.32 Å². The first-order chi connectivity index (χ1) is 12.6. The average molecular weight is 369 g/mol. The SMILES string of the molecule is Cn1ncc2cc(C(=O)Nc3cc4c(cn3)cc(C=O)n4SF)ccc21. The van der Waals surface area contributed by atoms with Crippen LogP contribution in [-0.4, -0.2) is 30.9 Å². The molecule has 130 valence electrons. The van der Waals surface area contributed by atoms with Crippen LogP contribution in [0.3, 0.4) is 0 Å². The zero-order valence-electron chi connectivity index (χ0n) is 13.5. The van der Waals surface area contributed by atoms with E-state index in [1.165, 1.54) is 18.3 Å². The lowest BCUT2D eigenvalue weighted by Crippen LogP contribution is -2.12. The summed E-state index contributed by atoms with van der Waals surface area (Å²) in [5.41, 5.74) is 2.00. The summed E-state index contributed by atoms with van der Waals surface area (Å²) in [7, 11) is 1.83. The van der Waals surface area contributed by atoms with Crippen LogP contribution < -0.4 is 5.32 Å². The van der Waals surface area contributed by atoms with Gasteiger partial charge in [-0.25, -0.2) is 4.98 Å². The zero-order valence-corrected chi connectivity index (χ0v) is 14.3. The standard InChI is InChI=1S/C17H12FN5O2S/c1-22-14-3-2-10(4-11(14)8-20-22)17(25)21-16-6-15-12(7-19-16)5-13(9-24)23(15)26-18/h2-9H,1H3,(H,19,21,25). The van der Waals surface area contributed by atoms with Gasteiger partial charge in [0.05, 0.1) is 22.9 Å². The first-order valence-electron chi connectivity index (χ1n) is 7.59. The van der Waals surface area contributed by atoms with E-state index in [-0.39, 0.29) is 29.8 Å². The van der Waals surface area contributed by atoms with Crippen molar-refractivity contribution in [3.05, 3.63) is 54.0 Å². The van der Waals surface area contributed by atoms with Crippen molar-refractivity contribution in [3.63, 3.8) is 0 Å². The molecule has 26 heavy (non-hydrogen) atoms. The fraction of sp³-hybridized carbons (Fsp3) is 0.0588. The Hall–Kier alpha value is -3.20. The molecule has 0 spiro atoms. The third kappa shape index (κ3) is 2.62. The Balaban J connectivity index is 1.66. The maximum absolute atomic E-state index is 13.2. The van der Waals surface area contributed by atoms with E-state index in [4.69, 9.17) is 0 Å². The molecule has 4 rings (SSSR count). The molecule has 1 N–H and O–H groups in total. The topological polar surface area (TPSA) is 81.8 Å². The first kappa shape index (κ1) is 16.3. The molecule has 1 amide bonds. The minimum Gasteiger partial charge on any atom is -0.307 e. The Kier molecular flexibility index (Phi) is 3.92. The van der Waals surface area contributed by atoms with E-state index in [0.29, 0.717) is 22.8 Å². The van der Waals surface area contributed by atoms with Crippen LogP contribution in [0.5, 0.6) is 0 Å². The molecule has 3 heterocycles. The molecule has 0 unspecified atom stereocenters. The highest BCUT2D eigenvalue weighted by molar-refractivity contribution is 7.93. The highest BCUT2D eigenvalue weighted by atomic mass is 32.2. The Bertz CT molecular complexity index is 1170. The number of aldehydes is 1. The third-order valence-electron chi connectivity index (χ3n) is 4.11. The summed E-state index contributed by atoms with van der Waals surface area (Å²) in [5.74, 6) is -0.0798. The van der Waals surface area contributed by atoms with E-state index in [9.17, 15) is 13.5 Å². The molecule has 0 radical (unpaired) electrons. The quantitative estimate of drug-likeness (QED) is 0.558. The molecule has 0 bridgehead atoms. The van der Waals surface area contributed by atoms with Crippen LogP contribution in [0.15, 0.2) is 42.7 Å². The van der Waals surface area contributed by atoms with Gasteiger partial charge >= 0.3 is 0 Å². The van der Waals surface area contributed by atoms with Crippen LogP contribution in [0.2, 0.25) is 0 Å². The summed E-state index contributed by atoms with van der Waals surface area (Å²) in [4.78, 5) is 27.7. The van der Waals surface area contributed by atoms with Crippen LogP contribution in [0, 0.1) is 0 Å². The number of aromatic nitrogens is 4. The molecule has 0 saturated carbocycles. The number of hydrogen-bond donors (Lipinski definition) is 1. The number of rotatable bonds is 4. The molecule has 0 atom stereocenters. The van der Waals surface area contributed by atoms with Gasteiger partial charge in [0.15, 0.2) is 18.6 Å². The number of benzene rings is 1. The van der Waals surface area contributed by atoms with E-state index < -0.39 is 0 Å². The highest BCUT2D eigenvalue weighted by Gasteiger charge is 2.13. The number of anilines is 1. The molecule has 0 fully saturated rings. The number of amides is 1. The van der Waals surface area contributed by atoms with Crippen molar-refractivity contribution in [2.75, 3.05) is 5.32 Å². The highest BCUT2D eigenvalue weighted by Crippen LogP contribution is 2.26. The van der Waals surface area contributed by atoms with Gasteiger partial charge in [0.25, 0.3) is 5.91 Å². The summed E-state index contributed by atoms with van der Waals surface area (Å²) < 4.78 is 16.0. The number of fused-ring (bicyclic) bond motifs is 2. The fourth-order valence-electron chi connectivity index (χ4n) is 2.82. The predicted octanol–water partition coefficient (Wildman–Crippen LogP) is 3.37. The fourth-order valence-corrected chi connectivity index (χ4v) is 3.23. The number of nitrogens with zero attached hydrogens (tertiary/aromatic N) is 4. The van der Waals surface area contributed by atoms with E-state index in [1.54, 1.807) is 23.0 Å². The van der Waals surface area contributed by atoms with Crippen molar-refractivity contribution in [3.8, 4) is 0 Å². The smallest absolute Gasteiger partial charge is 0.256 e. The van der Waals surface area contributed by atoms with Crippen LogP contribution in [0.25, 0.3) is 21.8 Å². The monoisotopic (exact) mass is 369 g/mol. The van der Waals surface area contributed by atoms with Crippen molar-refractivity contribution in [2.45, 2.75) is 0 Å². The summed E-state index contributed by atoms with van der Waals surface area (Å²) in [6, 6.07) is 8.30. The summed E-state index contributed by atoms with van der Waals surface area (Å²) in [5, 5.41) is 8.29. The normalized spacial score (nSPS) is 11.2. The van der Waals surface area contributed by atoms with Gasteiger partial charge in [-0.2, -0.15) is 5.10 Å². The molecule has 0 saturated heterocycles. The maximum Gasteiger partial charge on any atom is 0.256 e. The lowest BCUT2D eigenvalue weighted by molar-refractivity contribution is 0.102. The number of halogens is 1. The number of carbonyl (C=O) groups excluding carboxylic acids is 2. The Morgan fingerprint density at radius 2 is 2.00 bits per heavy atom. The van der Waals surface area contributed by atoms with E-state index >= 15 is 0 Å². The van der Waals surface area contributed by atoms with Gasteiger partial charge in [0.1, 0.15) is 5.82 Å². The minimum absolute atomic E-state index is 0.0805. The molecule has 7 nitrogen and oxygen atoms in total. The zero-order chi connectivity index (χ0) is 18.3. The van der Waals surface area contributed by atoms with Crippen LogP contribution >= 0.6 is 12.3 Å². The van der Waals surface area contributed by atoms with E-state index in [0.717, 1.165) is 14.9 Å². The molecule has 3 aromatic heterocycles. The van der Waals surface area contributed by atoms with Crippen molar-refractivity contribution < 1.29 is 13.5 Å². The van der Waals surface area contributed by atoms with Gasteiger partial charge in [0.2, 0.25) is 0 Å². The van der Waals surface area contributed by atoms with Gasteiger partial charge in [-0.3, -0.25) is 18.2 Å². The minimum atomic E-state index is -0.343. The second-order valence-electron chi connectivity index (χ2n) is 5.67. The molecular weight excluding hydrogens is 357 g/mol. The molecule has 9 heteroatoms. The third-order valence-corrected chi connectivity index (χ3v) is 4.65.